The smallest absolute Gasteiger partial charge is 0.423 e. The van der Waals surface area contributed by atoms with Gasteiger partial charge >= 0.3 is 7.12 Å². The molecule has 0 aliphatic heterocycles. The van der Waals surface area contributed by atoms with Crippen LogP contribution < -0.4 is 10.8 Å². The summed E-state index contributed by atoms with van der Waals surface area (Å²) in [5.74, 6) is 0. The minimum absolute atomic E-state index is 0.0440. The number of para-hydroxylation sites is 2. The molecule has 0 atom stereocenters. The second-order valence-corrected chi connectivity index (χ2v) is 3.90. The monoisotopic (exact) mass is 258 g/mol. The predicted molar refractivity (Wildman–Crippen MR) is 72.6 cm³/mol. The Balaban J connectivity index is 2.31. The summed E-state index contributed by atoms with van der Waals surface area (Å²) in [6, 6.07) is 12.6. The van der Waals surface area contributed by atoms with Gasteiger partial charge in [-0.3, -0.25) is 10.1 Å². The summed E-state index contributed by atoms with van der Waals surface area (Å²) in [6.07, 6.45) is 0. The molecule has 7 heteroatoms. The van der Waals surface area contributed by atoms with Crippen molar-refractivity contribution in [2.24, 2.45) is 0 Å². The van der Waals surface area contributed by atoms with Crippen LogP contribution >= 0.6 is 0 Å². The molecule has 0 saturated carbocycles. The van der Waals surface area contributed by atoms with E-state index in [0.717, 1.165) is 0 Å². The van der Waals surface area contributed by atoms with E-state index in [1.165, 1.54) is 12.1 Å². The Morgan fingerprint density at radius 1 is 1.11 bits per heavy atom. The van der Waals surface area contributed by atoms with Crippen LogP contribution in [-0.2, 0) is 0 Å². The van der Waals surface area contributed by atoms with Gasteiger partial charge in [0.15, 0.2) is 0 Å². The average Bonchev–Trinajstić information content (AvgIpc) is 2.39. The zero-order valence-electron chi connectivity index (χ0n) is 9.85. The maximum absolute atomic E-state index is 10.9. The lowest BCUT2D eigenvalue weighted by Crippen LogP contribution is -2.29. The van der Waals surface area contributed by atoms with Gasteiger partial charge in [0.1, 0.15) is 5.69 Å². The summed E-state index contributed by atoms with van der Waals surface area (Å²) in [7, 11) is -1.58. The van der Waals surface area contributed by atoms with Crippen LogP contribution in [0.4, 0.5) is 17.1 Å². The first kappa shape index (κ1) is 13.1. The standard InChI is InChI=1S/C12H11BN2O4/c16-13(17)9-4-3-5-10(8-9)14-11-6-1-2-7-12(11)15(18)19/h1-8,14,16-17H. The van der Waals surface area contributed by atoms with Gasteiger partial charge in [-0.05, 0) is 23.7 Å². The predicted octanol–water partition coefficient (Wildman–Crippen LogP) is 1.02. The molecule has 0 bridgehead atoms. The fourth-order valence-electron chi connectivity index (χ4n) is 1.67. The molecule has 6 nitrogen and oxygen atoms in total. The highest BCUT2D eigenvalue weighted by Crippen LogP contribution is 2.26. The van der Waals surface area contributed by atoms with E-state index in [4.69, 9.17) is 10.0 Å². The molecule has 0 aliphatic carbocycles. The molecule has 2 aromatic rings. The number of nitrogens with zero attached hydrogens (tertiary/aromatic N) is 1. The normalized spacial score (nSPS) is 10.0. The number of hydrogen-bond donors (Lipinski definition) is 3. The Hall–Kier alpha value is -2.38. The van der Waals surface area contributed by atoms with Gasteiger partial charge in [-0.2, -0.15) is 0 Å². The number of nitro groups is 1. The second kappa shape index (κ2) is 5.51. The molecular formula is C12H11BN2O4. The van der Waals surface area contributed by atoms with Crippen LogP contribution in [0.5, 0.6) is 0 Å². The van der Waals surface area contributed by atoms with Gasteiger partial charge in [-0.15, -0.1) is 0 Å². The molecule has 0 aromatic heterocycles. The Morgan fingerprint density at radius 2 is 1.84 bits per heavy atom. The topological polar surface area (TPSA) is 95.6 Å². The lowest BCUT2D eigenvalue weighted by atomic mass is 9.80. The maximum Gasteiger partial charge on any atom is 0.488 e. The van der Waals surface area contributed by atoms with Gasteiger partial charge in [0.05, 0.1) is 4.92 Å². The molecule has 2 rings (SSSR count). The highest BCUT2D eigenvalue weighted by atomic mass is 16.6. The first-order valence-electron chi connectivity index (χ1n) is 5.54. The minimum atomic E-state index is -1.58. The zero-order valence-corrected chi connectivity index (χ0v) is 9.85. The fourth-order valence-corrected chi connectivity index (χ4v) is 1.67. The van der Waals surface area contributed by atoms with E-state index in [2.05, 4.69) is 5.32 Å². The molecule has 0 radical (unpaired) electrons. The Kier molecular flexibility index (Phi) is 3.79. The van der Waals surface area contributed by atoms with Crippen LogP contribution in [0.15, 0.2) is 48.5 Å². The van der Waals surface area contributed by atoms with Crippen LogP contribution in [0.3, 0.4) is 0 Å². The van der Waals surface area contributed by atoms with Crippen molar-refractivity contribution in [3.63, 3.8) is 0 Å². The summed E-state index contributed by atoms with van der Waals surface area (Å²) in [5.41, 5.74) is 1.15. The number of anilines is 2. The number of benzene rings is 2. The Bertz CT molecular complexity index is 604. The highest BCUT2D eigenvalue weighted by molar-refractivity contribution is 6.58. The number of rotatable bonds is 4. The van der Waals surface area contributed by atoms with Crippen molar-refractivity contribution in [2.75, 3.05) is 5.32 Å². The molecule has 19 heavy (non-hydrogen) atoms. The summed E-state index contributed by atoms with van der Waals surface area (Å²) in [6.45, 7) is 0. The summed E-state index contributed by atoms with van der Waals surface area (Å²) < 4.78 is 0. The Morgan fingerprint density at radius 3 is 2.53 bits per heavy atom. The highest BCUT2D eigenvalue weighted by Gasteiger charge is 2.14. The molecule has 0 fully saturated rings. The molecule has 0 spiro atoms. The first-order chi connectivity index (χ1) is 9.08. The van der Waals surface area contributed by atoms with Crippen molar-refractivity contribution in [3.05, 3.63) is 58.6 Å². The van der Waals surface area contributed by atoms with Crippen LogP contribution in [0.2, 0.25) is 0 Å². The third kappa shape index (κ3) is 3.09. The van der Waals surface area contributed by atoms with Crippen LogP contribution in [0, 0.1) is 10.1 Å². The number of hydrogen-bond acceptors (Lipinski definition) is 5. The molecule has 96 valence electrons. The third-order valence-corrected chi connectivity index (χ3v) is 2.56. The fraction of sp³-hybridized carbons (Fsp3) is 0. The third-order valence-electron chi connectivity index (χ3n) is 2.56. The van der Waals surface area contributed by atoms with Crippen molar-refractivity contribution in [1.29, 1.82) is 0 Å². The maximum atomic E-state index is 10.9. The molecule has 0 heterocycles. The van der Waals surface area contributed by atoms with Gasteiger partial charge in [0.25, 0.3) is 5.69 Å². The summed E-state index contributed by atoms with van der Waals surface area (Å²) >= 11 is 0. The molecule has 0 unspecified atom stereocenters. The molecule has 0 amide bonds. The van der Waals surface area contributed by atoms with Gasteiger partial charge in [-0.1, -0.05) is 24.3 Å². The summed E-state index contributed by atoms with van der Waals surface area (Å²) in [5, 5.41) is 31.9. The first-order valence-corrected chi connectivity index (χ1v) is 5.54. The SMILES string of the molecule is O=[N+]([O-])c1ccccc1Nc1cccc(B(O)O)c1. The number of nitro benzene ring substituents is 1. The van der Waals surface area contributed by atoms with Crippen molar-refractivity contribution >= 4 is 29.6 Å². The van der Waals surface area contributed by atoms with E-state index >= 15 is 0 Å². The lowest BCUT2D eigenvalue weighted by Gasteiger charge is -2.08. The van der Waals surface area contributed by atoms with E-state index in [1.807, 2.05) is 0 Å². The van der Waals surface area contributed by atoms with Crippen LogP contribution in [0.1, 0.15) is 0 Å². The van der Waals surface area contributed by atoms with Crippen molar-refractivity contribution in [1.82, 2.24) is 0 Å². The van der Waals surface area contributed by atoms with E-state index < -0.39 is 12.0 Å². The van der Waals surface area contributed by atoms with Crippen LogP contribution in [0.25, 0.3) is 0 Å². The van der Waals surface area contributed by atoms with E-state index in [1.54, 1.807) is 36.4 Å². The quantitative estimate of drug-likeness (QED) is 0.432. The largest absolute Gasteiger partial charge is 0.488 e. The van der Waals surface area contributed by atoms with Crippen molar-refractivity contribution < 1.29 is 15.0 Å². The molecule has 3 N–H and O–H groups in total. The number of nitrogens with one attached hydrogen (secondary N) is 1. The molecule has 2 aromatic carbocycles. The zero-order chi connectivity index (χ0) is 13.8. The van der Waals surface area contributed by atoms with Crippen molar-refractivity contribution in [3.8, 4) is 0 Å². The second-order valence-electron chi connectivity index (χ2n) is 3.90. The molecule has 0 aliphatic rings. The lowest BCUT2D eigenvalue weighted by molar-refractivity contribution is -0.383. The van der Waals surface area contributed by atoms with Crippen LogP contribution in [-0.4, -0.2) is 22.1 Å². The van der Waals surface area contributed by atoms with Crippen molar-refractivity contribution in [2.45, 2.75) is 0 Å². The van der Waals surface area contributed by atoms with E-state index in [0.29, 0.717) is 16.8 Å². The van der Waals surface area contributed by atoms with Gasteiger partial charge in [0, 0.05) is 11.8 Å². The average molecular weight is 258 g/mol. The molecule has 0 saturated heterocycles. The minimum Gasteiger partial charge on any atom is -0.423 e. The molecular weight excluding hydrogens is 247 g/mol. The van der Waals surface area contributed by atoms with Gasteiger partial charge in [-0.25, -0.2) is 0 Å². The van der Waals surface area contributed by atoms with Gasteiger partial charge < -0.3 is 15.4 Å². The van der Waals surface area contributed by atoms with E-state index in [9.17, 15) is 10.1 Å². The van der Waals surface area contributed by atoms with Gasteiger partial charge in [0.2, 0.25) is 0 Å². The Labute approximate surface area is 109 Å². The summed E-state index contributed by atoms with van der Waals surface area (Å²) in [4.78, 5) is 10.4. The van der Waals surface area contributed by atoms with E-state index in [-0.39, 0.29) is 5.69 Å².